The van der Waals surface area contributed by atoms with Crippen molar-refractivity contribution < 1.29 is 13.2 Å². The van der Waals surface area contributed by atoms with Gasteiger partial charge < -0.3 is 4.74 Å². The zero-order chi connectivity index (χ0) is 25.7. The van der Waals surface area contributed by atoms with Gasteiger partial charge in [0.05, 0.1) is 41.2 Å². The molecule has 7 nitrogen and oxygen atoms in total. The standard InChI is InChI=1S/C29H26N4O3S/c1-18-15-26(33(32-18)23-13-11-22-17-24(36-2)14-12-21(22)16-23)29-28(31-29)20-9-7-19(8-10-20)25-5-3-4-6-27(25)37(30,34)35/h3-17,28-29,31H,1-2H3,(H2,30,34,35). The highest BCUT2D eigenvalue weighted by atomic mass is 32.2. The van der Waals surface area contributed by atoms with E-state index in [9.17, 15) is 8.42 Å². The number of nitrogens with two attached hydrogens (primary N) is 1. The van der Waals surface area contributed by atoms with Gasteiger partial charge in [-0.05, 0) is 65.2 Å². The predicted octanol–water partition coefficient (Wildman–Crippen LogP) is 5.04. The van der Waals surface area contributed by atoms with Gasteiger partial charge in [0.15, 0.2) is 0 Å². The Morgan fingerprint density at radius 3 is 2.38 bits per heavy atom. The highest BCUT2D eigenvalue weighted by Crippen LogP contribution is 2.44. The van der Waals surface area contributed by atoms with E-state index in [1.807, 2.05) is 54.1 Å². The summed E-state index contributed by atoms with van der Waals surface area (Å²) in [7, 11) is -2.14. The first-order valence-corrected chi connectivity index (χ1v) is 13.5. The summed E-state index contributed by atoms with van der Waals surface area (Å²) >= 11 is 0. The molecule has 2 heterocycles. The van der Waals surface area contributed by atoms with E-state index in [0.717, 1.165) is 44.7 Å². The van der Waals surface area contributed by atoms with E-state index in [-0.39, 0.29) is 17.0 Å². The number of methoxy groups -OCH3 is 1. The fraction of sp³-hybridized carbons (Fsp3) is 0.138. The van der Waals surface area contributed by atoms with Crippen LogP contribution in [0.15, 0.2) is 95.9 Å². The van der Waals surface area contributed by atoms with Crippen LogP contribution in [0, 0.1) is 6.92 Å². The Labute approximate surface area is 215 Å². The fourth-order valence-corrected chi connectivity index (χ4v) is 5.68. The largest absolute Gasteiger partial charge is 0.497 e. The van der Waals surface area contributed by atoms with Gasteiger partial charge in [0.2, 0.25) is 10.0 Å². The summed E-state index contributed by atoms with van der Waals surface area (Å²) in [5, 5.41) is 16.0. The number of fused-ring (bicyclic) bond motifs is 1. The maximum atomic E-state index is 12.0. The van der Waals surface area contributed by atoms with Crippen molar-refractivity contribution in [1.29, 1.82) is 0 Å². The van der Waals surface area contributed by atoms with Crippen molar-refractivity contribution in [3.63, 3.8) is 0 Å². The molecular formula is C29H26N4O3S. The number of primary sulfonamides is 1. The topological polar surface area (TPSA) is 109 Å². The molecule has 6 rings (SSSR count). The number of hydrogen-bond acceptors (Lipinski definition) is 5. The zero-order valence-electron chi connectivity index (χ0n) is 20.4. The van der Waals surface area contributed by atoms with E-state index < -0.39 is 10.0 Å². The van der Waals surface area contributed by atoms with E-state index in [0.29, 0.717) is 5.56 Å². The van der Waals surface area contributed by atoms with Crippen LogP contribution in [0.3, 0.4) is 0 Å². The summed E-state index contributed by atoms with van der Waals surface area (Å²) in [6.07, 6.45) is 0. The average molecular weight is 511 g/mol. The molecule has 4 aromatic carbocycles. The lowest BCUT2D eigenvalue weighted by molar-refractivity contribution is 0.415. The molecule has 2 unspecified atom stereocenters. The first kappa shape index (κ1) is 23.4. The van der Waals surface area contributed by atoms with Crippen molar-refractivity contribution in [2.75, 3.05) is 7.11 Å². The van der Waals surface area contributed by atoms with Crippen LogP contribution in [0.2, 0.25) is 0 Å². The normalized spacial score (nSPS) is 17.2. The van der Waals surface area contributed by atoms with Crippen LogP contribution in [0.1, 0.15) is 29.0 Å². The van der Waals surface area contributed by atoms with Crippen molar-refractivity contribution in [3.05, 3.63) is 108 Å². The first-order valence-electron chi connectivity index (χ1n) is 11.9. The van der Waals surface area contributed by atoms with E-state index in [1.165, 1.54) is 6.07 Å². The number of nitrogens with zero attached hydrogens (tertiary/aromatic N) is 2. The molecule has 3 N–H and O–H groups in total. The summed E-state index contributed by atoms with van der Waals surface area (Å²) in [6.45, 7) is 2.00. The molecule has 0 spiro atoms. The average Bonchev–Trinajstić information content (AvgIpc) is 3.61. The van der Waals surface area contributed by atoms with Gasteiger partial charge in [-0.3, -0.25) is 5.32 Å². The van der Waals surface area contributed by atoms with Gasteiger partial charge in [-0.25, -0.2) is 18.2 Å². The highest BCUT2D eigenvalue weighted by Gasteiger charge is 2.41. The molecule has 186 valence electrons. The van der Waals surface area contributed by atoms with E-state index >= 15 is 0 Å². The van der Waals surface area contributed by atoms with Gasteiger partial charge in [0, 0.05) is 5.56 Å². The number of ether oxygens (including phenoxy) is 1. The molecule has 0 radical (unpaired) electrons. The molecular weight excluding hydrogens is 484 g/mol. The molecule has 1 fully saturated rings. The van der Waals surface area contributed by atoms with Crippen molar-refractivity contribution >= 4 is 20.8 Å². The first-order chi connectivity index (χ1) is 17.8. The summed E-state index contributed by atoms with van der Waals surface area (Å²) in [5.41, 5.74) is 5.57. The van der Waals surface area contributed by atoms with Crippen molar-refractivity contribution in [1.82, 2.24) is 15.1 Å². The third-order valence-corrected chi connectivity index (χ3v) is 7.78. The molecule has 37 heavy (non-hydrogen) atoms. The molecule has 1 aliphatic heterocycles. The molecule has 0 amide bonds. The molecule has 2 atom stereocenters. The third kappa shape index (κ3) is 4.40. The minimum absolute atomic E-state index is 0.121. The lowest BCUT2D eigenvalue weighted by Gasteiger charge is -2.10. The van der Waals surface area contributed by atoms with Crippen LogP contribution < -0.4 is 15.2 Å². The Hall–Kier alpha value is -3.98. The summed E-state index contributed by atoms with van der Waals surface area (Å²) < 4.78 is 31.4. The molecule has 1 aromatic heterocycles. The molecule has 8 heteroatoms. The predicted molar refractivity (Wildman–Crippen MR) is 144 cm³/mol. The zero-order valence-corrected chi connectivity index (χ0v) is 21.2. The van der Waals surface area contributed by atoms with Crippen molar-refractivity contribution in [2.24, 2.45) is 5.14 Å². The Balaban J connectivity index is 1.28. The van der Waals surface area contributed by atoms with Gasteiger partial charge >= 0.3 is 0 Å². The van der Waals surface area contributed by atoms with Gasteiger partial charge in [0.25, 0.3) is 0 Å². The summed E-state index contributed by atoms with van der Waals surface area (Å²) in [4.78, 5) is 0.123. The van der Waals surface area contributed by atoms with Gasteiger partial charge in [0.1, 0.15) is 5.75 Å². The molecule has 1 saturated heterocycles. The molecule has 0 bridgehead atoms. The molecule has 1 aliphatic rings. The van der Waals surface area contributed by atoms with Crippen LogP contribution in [-0.4, -0.2) is 25.3 Å². The third-order valence-electron chi connectivity index (χ3n) is 6.81. The molecule has 0 saturated carbocycles. The van der Waals surface area contributed by atoms with Crippen LogP contribution in [-0.2, 0) is 10.0 Å². The van der Waals surface area contributed by atoms with E-state index in [2.05, 4.69) is 35.6 Å². The fourth-order valence-electron chi connectivity index (χ4n) is 4.92. The maximum Gasteiger partial charge on any atom is 0.238 e. The molecule has 5 aromatic rings. The Bertz CT molecular complexity index is 1740. The minimum Gasteiger partial charge on any atom is -0.497 e. The number of hydrogen-bond donors (Lipinski definition) is 2. The summed E-state index contributed by atoms with van der Waals surface area (Å²) in [6, 6.07) is 29.5. The lowest BCUT2D eigenvalue weighted by Crippen LogP contribution is -2.13. The second kappa shape index (κ2) is 8.85. The minimum atomic E-state index is -3.82. The number of benzene rings is 4. The van der Waals surface area contributed by atoms with Gasteiger partial charge in [-0.1, -0.05) is 54.6 Å². The second-order valence-electron chi connectivity index (χ2n) is 9.30. The highest BCUT2D eigenvalue weighted by molar-refractivity contribution is 7.89. The summed E-state index contributed by atoms with van der Waals surface area (Å²) in [5.74, 6) is 0.833. The molecule has 0 aliphatic carbocycles. The lowest BCUT2D eigenvalue weighted by atomic mass is 10.0. The van der Waals surface area contributed by atoms with Crippen LogP contribution in [0.5, 0.6) is 5.75 Å². The van der Waals surface area contributed by atoms with E-state index in [4.69, 9.17) is 15.0 Å². The quantitative estimate of drug-likeness (QED) is 0.311. The SMILES string of the molecule is COc1ccc2cc(-n3nc(C)cc3C3NC3c3ccc(-c4ccccc4S(N)(=O)=O)cc3)ccc2c1. The van der Waals surface area contributed by atoms with Crippen molar-refractivity contribution in [3.8, 4) is 22.6 Å². The maximum absolute atomic E-state index is 12.0. The monoisotopic (exact) mass is 510 g/mol. The number of nitrogens with one attached hydrogen (secondary N) is 1. The van der Waals surface area contributed by atoms with Crippen LogP contribution in [0.4, 0.5) is 0 Å². The Kier molecular flexibility index (Phi) is 5.60. The Morgan fingerprint density at radius 2 is 1.62 bits per heavy atom. The van der Waals surface area contributed by atoms with E-state index in [1.54, 1.807) is 19.2 Å². The second-order valence-corrected chi connectivity index (χ2v) is 10.8. The van der Waals surface area contributed by atoms with Gasteiger partial charge in [-0.15, -0.1) is 0 Å². The van der Waals surface area contributed by atoms with Crippen molar-refractivity contribution in [2.45, 2.75) is 23.9 Å². The van der Waals surface area contributed by atoms with Crippen LogP contribution in [0.25, 0.3) is 27.6 Å². The number of sulfonamides is 1. The van der Waals surface area contributed by atoms with Gasteiger partial charge in [-0.2, -0.15) is 5.10 Å². The Morgan fingerprint density at radius 1 is 0.892 bits per heavy atom. The van der Waals surface area contributed by atoms with Crippen LogP contribution >= 0.6 is 0 Å². The number of aryl methyl sites for hydroxylation is 1. The number of aromatic nitrogens is 2. The number of rotatable bonds is 6. The smallest absolute Gasteiger partial charge is 0.238 e.